The van der Waals surface area contributed by atoms with E-state index in [4.69, 9.17) is 9.47 Å². The van der Waals surface area contributed by atoms with Gasteiger partial charge in [-0.1, -0.05) is 12.1 Å². The molecule has 0 aliphatic carbocycles. The first-order valence-corrected chi connectivity index (χ1v) is 11.1. The third-order valence-electron chi connectivity index (χ3n) is 5.88. The van der Waals surface area contributed by atoms with Gasteiger partial charge >= 0.3 is 0 Å². The molecule has 2 aliphatic rings. The van der Waals surface area contributed by atoms with E-state index in [0.29, 0.717) is 18.7 Å². The van der Waals surface area contributed by atoms with E-state index in [-0.39, 0.29) is 24.5 Å². The van der Waals surface area contributed by atoms with Crippen molar-refractivity contribution in [3.63, 3.8) is 0 Å². The Morgan fingerprint density at radius 2 is 1.88 bits per heavy atom. The van der Waals surface area contributed by atoms with Crippen molar-refractivity contribution in [2.24, 2.45) is 0 Å². The first-order valence-electron chi connectivity index (χ1n) is 11.1. The summed E-state index contributed by atoms with van der Waals surface area (Å²) >= 11 is 0. The predicted molar refractivity (Wildman–Crippen MR) is 119 cm³/mol. The Balaban J connectivity index is 1.21. The number of piperidine rings is 1. The Hall–Kier alpha value is -3.55. The second-order valence-corrected chi connectivity index (χ2v) is 8.25. The molecule has 2 aliphatic heterocycles. The summed E-state index contributed by atoms with van der Waals surface area (Å²) in [5.74, 6) is 1.20. The van der Waals surface area contributed by atoms with Gasteiger partial charge in [-0.25, -0.2) is 0 Å². The van der Waals surface area contributed by atoms with Gasteiger partial charge in [-0.2, -0.15) is 5.10 Å². The van der Waals surface area contributed by atoms with Crippen molar-refractivity contribution in [1.82, 2.24) is 20.0 Å². The largest absolute Gasteiger partial charge is 0.486 e. The quantitative estimate of drug-likeness (QED) is 0.667. The molecule has 1 unspecified atom stereocenters. The van der Waals surface area contributed by atoms with Crippen molar-refractivity contribution in [3.8, 4) is 11.5 Å². The zero-order valence-corrected chi connectivity index (χ0v) is 17.8. The highest BCUT2D eigenvalue weighted by Gasteiger charge is 2.22. The number of likely N-dealkylation sites (tertiary alicyclic amines) is 1. The minimum atomic E-state index is -0.259. The summed E-state index contributed by atoms with van der Waals surface area (Å²) in [5.41, 5.74) is 1.30. The van der Waals surface area contributed by atoms with E-state index in [9.17, 15) is 9.59 Å². The van der Waals surface area contributed by atoms with E-state index in [0.717, 1.165) is 54.8 Å². The number of fused-ring (bicyclic) bond motifs is 2. The molecule has 1 fully saturated rings. The van der Waals surface area contributed by atoms with Crippen LogP contribution in [0.1, 0.15) is 29.6 Å². The Bertz CT molecular complexity index is 1140. The van der Waals surface area contributed by atoms with Gasteiger partial charge in [0.1, 0.15) is 6.61 Å². The molecule has 1 aromatic heterocycles. The highest BCUT2D eigenvalue weighted by atomic mass is 16.6. The van der Waals surface area contributed by atoms with Crippen LogP contribution in [0.3, 0.4) is 0 Å². The SMILES string of the molecule is O=C(NCC(=O)N1CCCCC1)c1ccc2nn(CC3COc4ccccc4O3)cc2c1. The molecule has 0 bridgehead atoms. The maximum absolute atomic E-state index is 12.6. The summed E-state index contributed by atoms with van der Waals surface area (Å²) < 4.78 is 13.6. The number of nitrogens with zero attached hydrogens (tertiary/aromatic N) is 3. The number of rotatable bonds is 5. The average Bonchev–Trinajstić information content (AvgIpc) is 3.24. The number of hydrogen-bond acceptors (Lipinski definition) is 5. The summed E-state index contributed by atoms with van der Waals surface area (Å²) in [5, 5.41) is 8.19. The van der Waals surface area contributed by atoms with Gasteiger partial charge in [-0.05, 0) is 49.6 Å². The molecule has 0 saturated carbocycles. The molecular formula is C24H26N4O4. The molecule has 8 heteroatoms. The molecule has 8 nitrogen and oxygen atoms in total. The lowest BCUT2D eigenvalue weighted by molar-refractivity contribution is -0.130. The summed E-state index contributed by atoms with van der Waals surface area (Å²) in [6.07, 6.45) is 4.98. The number of nitrogens with one attached hydrogen (secondary N) is 1. The van der Waals surface area contributed by atoms with E-state index < -0.39 is 0 Å². The molecule has 2 aromatic carbocycles. The van der Waals surface area contributed by atoms with Crippen molar-refractivity contribution < 1.29 is 19.1 Å². The molecule has 2 amide bonds. The van der Waals surface area contributed by atoms with Crippen LogP contribution >= 0.6 is 0 Å². The number of carbonyl (C=O) groups is 2. The molecule has 0 spiro atoms. The van der Waals surface area contributed by atoms with Crippen molar-refractivity contribution in [2.75, 3.05) is 26.2 Å². The fourth-order valence-electron chi connectivity index (χ4n) is 4.19. The van der Waals surface area contributed by atoms with Gasteiger partial charge in [-0.3, -0.25) is 14.3 Å². The maximum Gasteiger partial charge on any atom is 0.251 e. The number of benzene rings is 2. The number of para-hydroxylation sites is 2. The third-order valence-corrected chi connectivity index (χ3v) is 5.88. The molecule has 5 rings (SSSR count). The molecule has 3 aromatic rings. The first kappa shape index (κ1) is 20.4. The second-order valence-electron chi connectivity index (χ2n) is 8.25. The van der Waals surface area contributed by atoms with Crippen LogP contribution in [-0.2, 0) is 11.3 Å². The number of ether oxygens (including phenoxy) is 2. The molecule has 1 atom stereocenters. The average molecular weight is 434 g/mol. The minimum absolute atomic E-state index is 0.0244. The zero-order valence-electron chi connectivity index (χ0n) is 17.8. The summed E-state index contributed by atoms with van der Waals surface area (Å²) in [4.78, 5) is 26.7. The van der Waals surface area contributed by atoms with Crippen LogP contribution < -0.4 is 14.8 Å². The molecular weight excluding hydrogens is 408 g/mol. The van der Waals surface area contributed by atoms with Crippen LogP contribution in [0.2, 0.25) is 0 Å². The Kier molecular flexibility index (Phi) is 5.66. The lowest BCUT2D eigenvalue weighted by Crippen LogP contribution is -2.42. The van der Waals surface area contributed by atoms with Gasteiger partial charge in [0.25, 0.3) is 5.91 Å². The minimum Gasteiger partial charge on any atom is -0.486 e. The van der Waals surface area contributed by atoms with Crippen molar-refractivity contribution in [1.29, 1.82) is 0 Å². The fraction of sp³-hybridized carbons (Fsp3) is 0.375. The van der Waals surface area contributed by atoms with Crippen molar-refractivity contribution >= 4 is 22.7 Å². The lowest BCUT2D eigenvalue weighted by atomic mass is 10.1. The maximum atomic E-state index is 12.6. The van der Waals surface area contributed by atoms with E-state index in [2.05, 4.69) is 10.4 Å². The second kappa shape index (κ2) is 8.90. The predicted octanol–water partition coefficient (Wildman–Crippen LogP) is 2.62. The van der Waals surface area contributed by atoms with E-state index in [1.165, 1.54) is 0 Å². The van der Waals surface area contributed by atoms with Gasteiger partial charge in [0.2, 0.25) is 5.91 Å². The molecule has 1 saturated heterocycles. The summed E-state index contributed by atoms with van der Waals surface area (Å²) in [7, 11) is 0. The first-order chi connectivity index (χ1) is 15.7. The van der Waals surface area contributed by atoms with Crippen LogP contribution in [0.5, 0.6) is 11.5 Å². The van der Waals surface area contributed by atoms with E-state index >= 15 is 0 Å². The molecule has 3 heterocycles. The topological polar surface area (TPSA) is 85.7 Å². The Labute approximate surface area is 186 Å². The number of carbonyl (C=O) groups excluding carboxylic acids is 2. The van der Waals surface area contributed by atoms with Gasteiger partial charge in [0.05, 0.1) is 18.6 Å². The monoisotopic (exact) mass is 434 g/mol. The lowest BCUT2D eigenvalue weighted by Gasteiger charge is -2.26. The molecule has 0 radical (unpaired) electrons. The van der Waals surface area contributed by atoms with Crippen LogP contribution in [0.15, 0.2) is 48.7 Å². The van der Waals surface area contributed by atoms with E-state index in [1.54, 1.807) is 12.1 Å². The van der Waals surface area contributed by atoms with Crippen LogP contribution in [0, 0.1) is 0 Å². The summed E-state index contributed by atoms with van der Waals surface area (Å²) in [6, 6.07) is 13.0. The number of hydrogen-bond donors (Lipinski definition) is 1. The van der Waals surface area contributed by atoms with Crippen molar-refractivity contribution in [3.05, 3.63) is 54.2 Å². The molecule has 1 N–H and O–H groups in total. The van der Waals surface area contributed by atoms with Gasteiger partial charge in [0, 0.05) is 30.2 Å². The van der Waals surface area contributed by atoms with Gasteiger partial charge in [0.15, 0.2) is 17.6 Å². The van der Waals surface area contributed by atoms with Gasteiger partial charge < -0.3 is 19.7 Å². The molecule has 166 valence electrons. The number of aromatic nitrogens is 2. The van der Waals surface area contributed by atoms with Crippen LogP contribution in [0.4, 0.5) is 0 Å². The Morgan fingerprint density at radius 3 is 2.72 bits per heavy atom. The third kappa shape index (κ3) is 4.39. The van der Waals surface area contributed by atoms with Crippen LogP contribution in [0.25, 0.3) is 10.9 Å². The highest BCUT2D eigenvalue weighted by molar-refractivity contribution is 5.99. The fourth-order valence-corrected chi connectivity index (χ4v) is 4.19. The smallest absolute Gasteiger partial charge is 0.251 e. The highest BCUT2D eigenvalue weighted by Crippen LogP contribution is 2.31. The van der Waals surface area contributed by atoms with Crippen LogP contribution in [-0.4, -0.2) is 58.8 Å². The van der Waals surface area contributed by atoms with Crippen molar-refractivity contribution in [2.45, 2.75) is 31.9 Å². The number of amides is 2. The molecule has 32 heavy (non-hydrogen) atoms. The Morgan fingerprint density at radius 1 is 1.06 bits per heavy atom. The standard InChI is InChI=1S/C24H26N4O4/c29-23(27-10-4-1-5-11-27)13-25-24(30)17-8-9-20-18(12-17)14-28(26-20)15-19-16-31-21-6-2-3-7-22(21)32-19/h2-3,6-9,12,14,19H,1,4-5,10-11,13,15-16H2,(H,25,30). The normalized spacial score (nSPS) is 17.9. The zero-order chi connectivity index (χ0) is 21.9. The van der Waals surface area contributed by atoms with E-state index in [1.807, 2.05) is 46.1 Å². The summed E-state index contributed by atoms with van der Waals surface area (Å²) in [6.45, 7) is 2.57. The van der Waals surface area contributed by atoms with Gasteiger partial charge in [-0.15, -0.1) is 0 Å².